The van der Waals surface area contributed by atoms with E-state index >= 15 is 0 Å². The molecule has 1 fully saturated rings. The van der Waals surface area contributed by atoms with E-state index in [1.54, 1.807) is 20.2 Å². The van der Waals surface area contributed by atoms with Gasteiger partial charge in [-0.3, -0.25) is 18.8 Å². The summed E-state index contributed by atoms with van der Waals surface area (Å²) in [6, 6.07) is 2.35. The van der Waals surface area contributed by atoms with Crippen LogP contribution in [0.2, 0.25) is 0 Å². The van der Waals surface area contributed by atoms with E-state index in [-0.39, 0.29) is 27.9 Å². The van der Waals surface area contributed by atoms with E-state index in [4.69, 9.17) is 0 Å². The van der Waals surface area contributed by atoms with Gasteiger partial charge in [0.1, 0.15) is 0 Å². The van der Waals surface area contributed by atoms with Crippen molar-refractivity contribution in [2.24, 2.45) is 7.05 Å². The number of nitrogens with zero attached hydrogens (tertiary/aromatic N) is 3. The minimum Gasteiger partial charge on any atom is -0.355 e. The molecule has 0 aliphatic heterocycles. The fourth-order valence-corrected chi connectivity index (χ4v) is 4.87. The van der Waals surface area contributed by atoms with Crippen LogP contribution in [0, 0.1) is 0 Å². The van der Waals surface area contributed by atoms with Crippen LogP contribution < -0.4 is 21.3 Å². The van der Waals surface area contributed by atoms with Gasteiger partial charge in [0, 0.05) is 31.4 Å². The molecule has 12 heteroatoms. The molecule has 31 heavy (non-hydrogen) atoms. The van der Waals surface area contributed by atoms with E-state index in [2.05, 4.69) is 20.1 Å². The Balaban J connectivity index is 1.94. The van der Waals surface area contributed by atoms with Crippen LogP contribution >= 0.6 is 0 Å². The van der Waals surface area contributed by atoms with Crippen LogP contribution in [0.1, 0.15) is 35.7 Å². The van der Waals surface area contributed by atoms with Crippen molar-refractivity contribution < 1.29 is 13.2 Å². The van der Waals surface area contributed by atoms with Crippen molar-refractivity contribution in [1.82, 2.24) is 29.4 Å². The Morgan fingerprint density at radius 3 is 2.58 bits per heavy atom. The minimum atomic E-state index is -3.99. The molecule has 1 aromatic carbocycles. The fourth-order valence-electron chi connectivity index (χ4n) is 3.35. The zero-order chi connectivity index (χ0) is 22.6. The molecule has 1 saturated carbocycles. The molecule has 0 saturated heterocycles. The van der Waals surface area contributed by atoms with Gasteiger partial charge in [0.2, 0.25) is 10.0 Å². The number of hydrogen-bond donors (Lipinski definition) is 3. The largest absolute Gasteiger partial charge is 0.355 e. The summed E-state index contributed by atoms with van der Waals surface area (Å²) < 4.78 is 30.9. The Hall–Kier alpha value is -3.25. The molecule has 0 atom stereocenters. The third-order valence-corrected chi connectivity index (χ3v) is 6.94. The van der Waals surface area contributed by atoms with Crippen molar-refractivity contribution in [2.45, 2.75) is 36.7 Å². The summed E-state index contributed by atoms with van der Waals surface area (Å²) in [5, 5.41) is 6.35. The lowest BCUT2D eigenvalue weighted by Crippen LogP contribution is -2.37. The molecular formula is C19H22N6O5S. The monoisotopic (exact) mass is 446 g/mol. The third kappa shape index (κ3) is 3.91. The lowest BCUT2D eigenvalue weighted by molar-refractivity contribution is 0.0964. The molecule has 164 valence electrons. The highest BCUT2D eigenvalue weighted by Gasteiger charge is 2.41. The number of carbonyl (C=O) groups is 1. The van der Waals surface area contributed by atoms with Gasteiger partial charge in [-0.25, -0.2) is 17.9 Å². The maximum atomic E-state index is 13.2. The number of aromatic amines is 1. The van der Waals surface area contributed by atoms with Crippen LogP contribution in [0.15, 0.2) is 39.0 Å². The molecule has 2 aromatic heterocycles. The number of H-pyrrole nitrogens is 1. The Labute approximate surface area is 177 Å². The summed E-state index contributed by atoms with van der Waals surface area (Å²) in [5.74, 6) is -0.625. The van der Waals surface area contributed by atoms with Gasteiger partial charge < -0.3 is 10.3 Å². The first-order valence-corrected chi connectivity index (χ1v) is 11.1. The van der Waals surface area contributed by atoms with E-state index in [0.717, 1.165) is 10.6 Å². The van der Waals surface area contributed by atoms with Gasteiger partial charge in [-0.2, -0.15) is 5.10 Å². The summed E-state index contributed by atoms with van der Waals surface area (Å²) in [4.78, 5) is 40.6. The second-order valence-corrected chi connectivity index (χ2v) is 9.66. The molecule has 11 nitrogen and oxygen atoms in total. The molecule has 0 bridgehead atoms. The number of carbonyl (C=O) groups excluding carboxylic acids is 1. The summed E-state index contributed by atoms with van der Waals surface area (Å²) in [5.41, 5.74) is -1.47. The van der Waals surface area contributed by atoms with Crippen LogP contribution in [-0.2, 0) is 23.6 Å². The molecular weight excluding hydrogens is 424 g/mol. The van der Waals surface area contributed by atoms with Gasteiger partial charge in [0.15, 0.2) is 0 Å². The number of sulfonamides is 1. The standard InChI is InChI=1S/C19H22N6O5S/c1-19(4-5-19)23-31(29,30)12-6-13(16(26)20-2)15-14(7-12)17(27)25(18(28)22-15)10-11-8-21-24(3)9-11/h6-9,23H,4-5,10H2,1-3H3,(H,20,26)(H,22,28). The smallest absolute Gasteiger partial charge is 0.329 e. The zero-order valence-corrected chi connectivity index (χ0v) is 18.0. The summed E-state index contributed by atoms with van der Waals surface area (Å²) in [7, 11) is -0.909. The van der Waals surface area contributed by atoms with E-state index in [0.29, 0.717) is 18.4 Å². The molecule has 1 aliphatic carbocycles. The molecule has 2 heterocycles. The highest BCUT2D eigenvalue weighted by atomic mass is 32.2. The average Bonchev–Trinajstić information content (AvgIpc) is 3.27. The van der Waals surface area contributed by atoms with Crippen molar-refractivity contribution >= 4 is 26.8 Å². The van der Waals surface area contributed by atoms with E-state index in [1.807, 2.05) is 0 Å². The minimum absolute atomic E-state index is 0.0200. The Kier molecular flexibility index (Phi) is 4.85. The van der Waals surface area contributed by atoms with E-state index in [9.17, 15) is 22.8 Å². The van der Waals surface area contributed by atoms with Crippen LogP contribution in [0.5, 0.6) is 0 Å². The molecule has 4 rings (SSSR count). The van der Waals surface area contributed by atoms with Crippen molar-refractivity contribution in [2.75, 3.05) is 7.05 Å². The lowest BCUT2D eigenvalue weighted by Gasteiger charge is -2.15. The Bertz CT molecular complexity index is 1430. The van der Waals surface area contributed by atoms with Gasteiger partial charge in [-0.05, 0) is 31.9 Å². The molecule has 1 amide bonds. The number of nitrogens with one attached hydrogen (secondary N) is 3. The number of benzene rings is 1. The third-order valence-electron chi connectivity index (χ3n) is 5.33. The van der Waals surface area contributed by atoms with Gasteiger partial charge in [0.05, 0.1) is 34.1 Å². The normalized spacial score (nSPS) is 15.2. The highest BCUT2D eigenvalue weighted by molar-refractivity contribution is 7.89. The molecule has 0 spiro atoms. The lowest BCUT2D eigenvalue weighted by atomic mass is 10.1. The first kappa shape index (κ1) is 21.0. The maximum Gasteiger partial charge on any atom is 0.329 e. The SMILES string of the molecule is CNC(=O)c1cc(S(=O)(=O)NC2(C)CC2)cc2c(=O)n(Cc3cnn(C)c3)c(=O)[nH]c12. The Morgan fingerprint density at radius 2 is 2.00 bits per heavy atom. The second-order valence-electron chi connectivity index (χ2n) is 7.98. The first-order valence-electron chi connectivity index (χ1n) is 9.57. The van der Waals surface area contributed by atoms with Crippen LogP contribution in [0.4, 0.5) is 0 Å². The van der Waals surface area contributed by atoms with E-state index in [1.165, 1.54) is 24.0 Å². The van der Waals surface area contributed by atoms with Crippen molar-refractivity contribution in [3.63, 3.8) is 0 Å². The van der Waals surface area contributed by atoms with Gasteiger partial charge >= 0.3 is 5.69 Å². The highest BCUT2D eigenvalue weighted by Crippen LogP contribution is 2.36. The topological polar surface area (TPSA) is 148 Å². The van der Waals surface area contributed by atoms with Gasteiger partial charge in [-0.15, -0.1) is 0 Å². The number of fused-ring (bicyclic) bond motifs is 1. The number of amides is 1. The quantitative estimate of drug-likeness (QED) is 0.472. The zero-order valence-electron chi connectivity index (χ0n) is 17.2. The summed E-state index contributed by atoms with van der Waals surface area (Å²) in [6.45, 7) is 1.73. The van der Waals surface area contributed by atoms with Crippen molar-refractivity contribution in [3.05, 3.63) is 56.5 Å². The molecule has 3 N–H and O–H groups in total. The Morgan fingerprint density at radius 1 is 1.29 bits per heavy atom. The number of hydrogen-bond acceptors (Lipinski definition) is 6. The average molecular weight is 446 g/mol. The van der Waals surface area contributed by atoms with Crippen LogP contribution in [-0.4, -0.2) is 46.2 Å². The predicted molar refractivity (Wildman–Crippen MR) is 112 cm³/mol. The van der Waals surface area contributed by atoms with Crippen LogP contribution in [0.3, 0.4) is 0 Å². The fraction of sp³-hybridized carbons (Fsp3) is 0.368. The molecule has 3 aromatic rings. The second kappa shape index (κ2) is 7.17. The van der Waals surface area contributed by atoms with Crippen molar-refractivity contribution in [3.8, 4) is 0 Å². The van der Waals surface area contributed by atoms with Gasteiger partial charge in [0.25, 0.3) is 11.5 Å². The first-order chi connectivity index (χ1) is 14.5. The maximum absolute atomic E-state index is 13.2. The van der Waals surface area contributed by atoms with Crippen molar-refractivity contribution in [1.29, 1.82) is 0 Å². The molecule has 0 unspecified atom stereocenters. The predicted octanol–water partition coefficient (Wildman–Crippen LogP) is -0.338. The van der Waals surface area contributed by atoms with Gasteiger partial charge in [-0.1, -0.05) is 0 Å². The van der Waals surface area contributed by atoms with Crippen LogP contribution in [0.25, 0.3) is 10.9 Å². The number of aryl methyl sites for hydroxylation is 1. The molecule has 0 radical (unpaired) electrons. The summed E-state index contributed by atoms with van der Waals surface area (Å²) in [6.07, 6.45) is 4.58. The summed E-state index contributed by atoms with van der Waals surface area (Å²) >= 11 is 0. The molecule has 1 aliphatic rings. The number of rotatable bonds is 6. The number of aromatic nitrogens is 4. The van der Waals surface area contributed by atoms with E-state index < -0.39 is 32.7 Å².